The van der Waals surface area contributed by atoms with Crippen molar-refractivity contribution in [2.75, 3.05) is 13.6 Å². The summed E-state index contributed by atoms with van der Waals surface area (Å²) in [6.45, 7) is 1.35. The Labute approximate surface area is 117 Å². The number of carbonyl (C=O) groups excluding carboxylic acids is 1. The molecule has 0 amide bonds. The van der Waals surface area contributed by atoms with Gasteiger partial charge in [0.1, 0.15) is 11.5 Å². The van der Waals surface area contributed by atoms with Gasteiger partial charge in [-0.3, -0.25) is 14.5 Å². The lowest BCUT2D eigenvalue weighted by atomic mass is 10.2. The van der Waals surface area contributed by atoms with Crippen LogP contribution in [-0.2, 0) is 13.6 Å². The van der Waals surface area contributed by atoms with Crippen molar-refractivity contribution in [3.05, 3.63) is 47.8 Å². The fourth-order valence-electron chi connectivity index (χ4n) is 1.91. The molecule has 0 saturated heterocycles. The van der Waals surface area contributed by atoms with E-state index in [0.717, 1.165) is 18.3 Å². The van der Waals surface area contributed by atoms with Crippen molar-refractivity contribution >= 4 is 5.78 Å². The van der Waals surface area contributed by atoms with Crippen molar-refractivity contribution in [2.45, 2.75) is 13.0 Å². The first kappa shape index (κ1) is 14.3. The average Bonchev–Trinajstić information content (AvgIpc) is 2.82. The molecule has 2 aromatic rings. The first-order chi connectivity index (χ1) is 9.54. The zero-order chi connectivity index (χ0) is 14.5. The number of halogens is 1. The topological polar surface area (TPSA) is 51.0 Å². The van der Waals surface area contributed by atoms with Gasteiger partial charge in [-0.1, -0.05) is 0 Å². The molecule has 0 aliphatic rings. The lowest BCUT2D eigenvalue weighted by molar-refractivity contribution is 0.0963. The van der Waals surface area contributed by atoms with E-state index >= 15 is 0 Å². The van der Waals surface area contributed by atoms with Crippen LogP contribution in [0.4, 0.5) is 4.39 Å². The Balaban J connectivity index is 1.82. The third-order valence-corrected chi connectivity index (χ3v) is 2.94. The zero-order valence-electron chi connectivity index (χ0n) is 11.6. The summed E-state index contributed by atoms with van der Waals surface area (Å²) in [6.07, 6.45) is 5.17. The molecule has 0 bridgehead atoms. The molecular weight excluding hydrogens is 259 g/mol. The fourth-order valence-corrected chi connectivity index (χ4v) is 1.91. The van der Waals surface area contributed by atoms with E-state index in [1.807, 2.05) is 25.2 Å². The average molecular weight is 276 g/mol. The normalized spacial score (nSPS) is 11.0. The summed E-state index contributed by atoms with van der Waals surface area (Å²) in [5.41, 5.74) is 1.41. The number of hydrogen-bond acceptors (Lipinski definition) is 4. The van der Waals surface area contributed by atoms with Gasteiger partial charge < -0.3 is 4.90 Å². The highest BCUT2D eigenvalue weighted by molar-refractivity contribution is 5.94. The molecule has 2 aromatic heterocycles. The van der Waals surface area contributed by atoms with Crippen molar-refractivity contribution in [3.63, 3.8) is 0 Å². The van der Waals surface area contributed by atoms with Gasteiger partial charge in [-0.05, 0) is 19.2 Å². The van der Waals surface area contributed by atoms with Crippen LogP contribution in [0.25, 0.3) is 0 Å². The van der Waals surface area contributed by atoms with E-state index in [-0.39, 0.29) is 5.78 Å². The molecule has 0 atom stereocenters. The third kappa shape index (κ3) is 3.96. The van der Waals surface area contributed by atoms with E-state index in [2.05, 4.69) is 10.1 Å². The smallest absolute Gasteiger partial charge is 0.182 e. The summed E-state index contributed by atoms with van der Waals surface area (Å²) in [5, 5.41) is 4.10. The van der Waals surface area contributed by atoms with E-state index in [1.54, 1.807) is 10.9 Å². The van der Waals surface area contributed by atoms with E-state index in [9.17, 15) is 9.18 Å². The Morgan fingerprint density at radius 1 is 1.40 bits per heavy atom. The number of Topliss-reactive ketones (excluding diaryl/α,β-unsaturated/α-hetero) is 1. The summed E-state index contributed by atoms with van der Waals surface area (Å²) in [4.78, 5) is 17.7. The number of rotatable bonds is 6. The Kier molecular flexibility index (Phi) is 4.57. The maximum absolute atomic E-state index is 12.7. The van der Waals surface area contributed by atoms with Crippen LogP contribution in [0.2, 0.25) is 0 Å². The molecule has 0 aromatic carbocycles. The van der Waals surface area contributed by atoms with Crippen molar-refractivity contribution in [2.24, 2.45) is 7.05 Å². The van der Waals surface area contributed by atoms with Gasteiger partial charge in [0, 0.05) is 38.3 Å². The molecule has 5 nitrogen and oxygen atoms in total. The lowest BCUT2D eigenvalue weighted by Gasteiger charge is -2.14. The molecule has 0 fully saturated rings. The predicted octanol–water partition coefficient (Wildman–Crippen LogP) is 1.66. The highest BCUT2D eigenvalue weighted by Crippen LogP contribution is 2.05. The fraction of sp³-hybridized carbons (Fsp3) is 0.357. The van der Waals surface area contributed by atoms with Gasteiger partial charge in [0.25, 0.3) is 0 Å². The second-order valence-electron chi connectivity index (χ2n) is 4.79. The molecule has 0 radical (unpaired) electrons. The van der Waals surface area contributed by atoms with Crippen LogP contribution in [-0.4, -0.2) is 39.0 Å². The molecule has 20 heavy (non-hydrogen) atoms. The van der Waals surface area contributed by atoms with Crippen LogP contribution in [0.3, 0.4) is 0 Å². The molecule has 106 valence electrons. The first-order valence-electron chi connectivity index (χ1n) is 6.35. The van der Waals surface area contributed by atoms with Crippen molar-refractivity contribution < 1.29 is 9.18 Å². The molecule has 2 heterocycles. The summed E-state index contributed by atoms with van der Waals surface area (Å²) in [6, 6.07) is 2.67. The van der Waals surface area contributed by atoms with Crippen LogP contribution in [0.1, 0.15) is 22.5 Å². The van der Waals surface area contributed by atoms with Crippen molar-refractivity contribution in [1.29, 1.82) is 0 Å². The Hall–Kier alpha value is -2.08. The summed E-state index contributed by atoms with van der Waals surface area (Å²) in [5.74, 6) is -0.515. The molecule has 0 unspecified atom stereocenters. The van der Waals surface area contributed by atoms with Crippen LogP contribution in [0, 0.1) is 5.82 Å². The number of pyridine rings is 1. The molecule has 0 N–H and O–H groups in total. The predicted molar refractivity (Wildman–Crippen MR) is 72.7 cm³/mol. The van der Waals surface area contributed by atoms with Crippen molar-refractivity contribution in [1.82, 2.24) is 19.7 Å². The van der Waals surface area contributed by atoms with Crippen LogP contribution >= 0.6 is 0 Å². The largest absolute Gasteiger partial charge is 0.302 e. The van der Waals surface area contributed by atoms with E-state index in [4.69, 9.17) is 0 Å². The number of ketones is 1. The molecule has 2 rings (SSSR count). The molecule has 0 aliphatic carbocycles. The number of nitrogens with zero attached hydrogens (tertiary/aromatic N) is 4. The monoisotopic (exact) mass is 276 g/mol. The summed E-state index contributed by atoms with van der Waals surface area (Å²) in [7, 11) is 3.81. The number of aryl methyl sites for hydroxylation is 1. The van der Waals surface area contributed by atoms with E-state index < -0.39 is 5.82 Å². The van der Waals surface area contributed by atoms with E-state index in [1.165, 1.54) is 12.1 Å². The van der Waals surface area contributed by atoms with E-state index in [0.29, 0.717) is 18.7 Å². The van der Waals surface area contributed by atoms with Gasteiger partial charge in [-0.25, -0.2) is 4.39 Å². The van der Waals surface area contributed by atoms with Gasteiger partial charge in [-0.15, -0.1) is 0 Å². The van der Waals surface area contributed by atoms with Crippen molar-refractivity contribution in [3.8, 4) is 0 Å². The number of aromatic nitrogens is 3. The van der Waals surface area contributed by atoms with Gasteiger partial charge >= 0.3 is 0 Å². The summed E-state index contributed by atoms with van der Waals surface area (Å²) >= 11 is 0. The SMILES string of the molecule is CN(CCC(=O)c1ccc(F)cn1)Cc1cnn(C)c1. The lowest BCUT2D eigenvalue weighted by Crippen LogP contribution is -2.21. The molecule has 6 heteroatoms. The minimum atomic E-state index is -0.435. The van der Waals surface area contributed by atoms with Gasteiger partial charge in [-0.2, -0.15) is 5.10 Å². The summed E-state index contributed by atoms with van der Waals surface area (Å²) < 4.78 is 14.5. The molecule has 0 aliphatic heterocycles. The molecular formula is C14H17FN4O. The number of carbonyl (C=O) groups is 1. The van der Waals surface area contributed by atoms with Crippen LogP contribution in [0.15, 0.2) is 30.7 Å². The van der Waals surface area contributed by atoms with Crippen LogP contribution in [0.5, 0.6) is 0 Å². The Morgan fingerprint density at radius 3 is 2.80 bits per heavy atom. The Morgan fingerprint density at radius 2 is 2.20 bits per heavy atom. The highest BCUT2D eigenvalue weighted by Gasteiger charge is 2.10. The Bertz CT molecular complexity index is 579. The van der Waals surface area contributed by atoms with Gasteiger partial charge in [0.2, 0.25) is 0 Å². The standard InChI is InChI=1S/C14H17FN4O/c1-18(9-11-7-17-19(2)10-11)6-5-14(20)13-4-3-12(15)8-16-13/h3-4,7-8,10H,5-6,9H2,1-2H3. The maximum Gasteiger partial charge on any atom is 0.182 e. The molecule has 0 saturated carbocycles. The molecule has 0 spiro atoms. The highest BCUT2D eigenvalue weighted by atomic mass is 19.1. The van der Waals surface area contributed by atoms with Gasteiger partial charge in [0.15, 0.2) is 5.78 Å². The van der Waals surface area contributed by atoms with Gasteiger partial charge in [0.05, 0.1) is 12.4 Å². The maximum atomic E-state index is 12.7. The quantitative estimate of drug-likeness (QED) is 0.753. The minimum absolute atomic E-state index is 0.0805. The third-order valence-electron chi connectivity index (χ3n) is 2.94. The first-order valence-corrected chi connectivity index (χ1v) is 6.35. The van der Waals surface area contributed by atoms with Crippen LogP contribution < -0.4 is 0 Å². The number of hydrogen-bond donors (Lipinski definition) is 0. The zero-order valence-corrected chi connectivity index (χ0v) is 11.6. The second-order valence-corrected chi connectivity index (χ2v) is 4.79. The minimum Gasteiger partial charge on any atom is -0.302 e. The second kappa shape index (κ2) is 6.38.